The van der Waals surface area contributed by atoms with Crippen LogP contribution < -0.4 is 0 Å². The van der Waals surface area contributed by atoms with Crippen LogP contribution >= 0.6 is 0 Å². The van der Waals surface area contributed by atoms with Crippen LogP contribution in [0.15, 0.2) is 115 Å². The molecule has 0 spiro atoms. The minimum Gasteiger partial charge on any atom is -0.477 e. The second-order valence-corrected chi connectivity index (χ2v) is 8.25. The molecule has 0 saturated carbocycles. The Hall–Kier alpha value is -3.85. The molecule has 164 valence electrons. The van der Waals surface area contributed by atoms with Crippen molar-refractivity contribution in [1.82, 2.24) is 4.90 Å². The predicted molar refractivity (Wildman–Crippen MR) is 132 cm³/mol. The second-order valence-electron chi connectivity index (χ2n) is 8.25. The van der Waals surface area contributed by atoms with Crippen molar-refractivity contribution in [2.45, 2.75) is 13.0 Å². The number of hydrogen-bond donors (Lipinski definition) is 0. The first kappa shape index (κ1) is 21.0. The molecule has 2 nitrogen and oxygen atoms in total. The summed E-state index contributed by atoms with van der Waals surface area (Å²) in [6.45, 7) is 2.33. The van der Waals surface area contributed by atoms with Crippen LogP contribution in [0.4, 0.5) is 4.39 Å². The van der Waals surface area contributed by atoms with Gasteiger partial charge < -0.3 is 9.64 Å². The van der Waals surface area contributed by atoms with E-state index in [1.807, 2.05) is 30.3 Å². The number of rotatable bonds is 6. The van der Waals surface area contributed by atoms with E-state index in [0.29, 0.717) is 13.0 Å². The van der Waals surface area contributed by atoms with Gasteiger partial charge in [-0.1, -0.05) is 97.1 Å². The Morgan fingerprint density at radius 3 is 2.30 bits per heavy atom. The summed E-state index contributed by atoms with van der Waals surface area (Å²) in [4.78, 5) is 2.32. The summed E-state index contributed by atoms with van der Waals surface area (Å²) in [6, 6.07) is 36.0. The molecule has 4 aromatic rings. The third-order valence-corrected chi connectivity index (χ3v) is 6.00. The van der Waals surface area contributed by atoms with E-state index < -0.39 is 0 Å². The Morgan fingerprint density at radius 2 is 1.52 bits per heavy atom. The van der Waals surface area contributed by atoms with Gasteiger partial charge in [0.2, 0.25) is 0 Å². The van der Waals surface area contributed by atoms with Crippen molar-refractivity contribution in [1.29, 1.82) is 0 Å². The molecular weight excluding hydrogens is 409 g/mol. The molecule has 33 heavy (non-hydrogen) atoms. The first-order valence-corrected chi connectivity index (χ1v) is 11.3. The van der Waals surface area contributed by atoms with Gasteiger partial charge in [0.05, 0.1) is 6.54 Å². The lowest BCUT2D eigenvalue weighted by Gasteiger charge is -2.22. The fourth-order valence-corrected chi connectivity index (χ4v) is 4.42. The van der Waals surface area contributed by atoms with E-state index in [2.05, 4.69) is 65.6 Å². The molecule has 0 aromatic heterocycles. The van der Waals surface area contributed by atoms with Crippen molar-refractivity contribution < 1.29 is 9.13 Å². The molecule has 0 N–H and O–H groups in total. The van der Waals surface area contributed by atoms with Gasteiger partial charge >= 0.3 is 0 Å². The zero-order chi connectivity index (χ0) is 22.5. The number of nitrogens with zero attached hydrogens (tertiary/aromatic N) is 1. The third kappa shape index (κ3) is 4.83. The zero-order valence-electron chi connectivity index (χ0n) is 18.5. The molecule has 0 aliphatic carbocycles. The highest BCUT2D eigenvalue weighted by molar-refractivity contribution is 5.75. The quantitative estimate of drug-likeness (QED) is 0.325. The maximum atomic E-state index is 14.0. The molecule has 0 radical (unpaired) electrons. The Kier molecular flexibility index (Phi) is 6.21. The van der Waals surface area contributed by atoms with Crippen LogP contribution in [0.25, 0.3) is 16.7 Å². The molecule has 1 fully saturated rings. The van der Waals surface area contributed by atoms with Crippen LogP contribution in [0, 0.1) is 5.82 Å². The van der Waals surface area contributed by atoms with E-state index in [1.165, 1.54) is 11.6 Å². The molecule has 1 saturated heterocycles. The van der Waals surface area contributed by atoms with Crippen LogP contribution in [0.2, 0.25) is 0 Å². The number of ether oxygens (including phenoxy) is 1. The first-order valence-electron chi connectivity index (χ1n) is 11.3. The highest BCUT2D eigenvalue weighted by atomic mass is 19.1. The third-order valence-electron chi connectivity index (χ3n) is 6.00. The summed E-state index contributed by atoms with van der Waals surface area (Å²) in [7, 11) is 0. The Balaban J connectivity index is 1.57. The standard InChI is InChI=1S/C30H26FNO/c31-27-16-9-15-25(20-27)28-17-8-7-14-26(28)21-29(24-12-5-2-6-13-24)30-32(18-19-33-30)22-23-10-3-1-4-11-23/h1-17,20H,18-19,21-22H2/b30-29-. The fraction of sp³-hybridized carbons (Fsp3) is 0.133. The van der Waals surface area contributed by atoms with Gasteiger partial charge in [0.1, 0.15) is 12.4 Å². The average molecular weight is 436 g/mol. The summed E-state index contributed by atoms with van der Waals surface area (Å²) in [5.41, 5.74) is 6.61. The summed E-state index contributed by atoms with van der Waals surface area (Å²) in [5.74, 6) is 0.705. The van der Waals surface area contributed by atoms with Crippen LogP contribution in [0.3, 0.4) is 0 Å². The fourth-order valence-electron chi connectivity index (χ4n) is 4.42. The number of benzene rings is 4. The minimum atomic E-state index is -0.225. The van der Waals surface area contributed by atoms with E-state index >= 15 is 0 Å². The highest BCUT2D eigenvalue weighted by Crippen LogP contribution is 2.33. The lowest BCUT2D eigenvalue weighted by molar-refractivity contribution is 0.233. The average Bonchev–Trinajstić information content (AvgIpc) is 3.31. The van der Waals surface area contributed by atoms with Gasteiger partial charge in [-0.15, -0.1) is 0 Å². The molecule has 1 heterocycles. The monoisotopic (exact) mass is 435 g/mol. The van der Waals surface area contributed by atoms with Gasteiger partial charge in [0.15, 0.2) is 5.88 Å². The summed E-state index contributed by atoms with van der Waals surface area (Å²) in [6.07, 6.45) is 0.692. The summed E-state index contributed by atoms with van der Waals surface area (Å²) < 4.78 is 20.2. The number of hydrogen-bond acceptors (Lipinski definition) is 2. The zero-order valence-corrected chi connectivity index (χ0v) is 18.5. The Labute approximate surface area is 194 Å². The van der Waals surface area contributed by atoms with E-state index in [-0.39, 0.29) is 5.82 Å². The Morgan fingerprint density at radius 1 is 0.788 bits per heavy atom. The van der Waals surface area contributed by atoms with Crippen molar-refractivity contribution in [2.75, 3.05) is 13.2 Å². The van der Waals surface area contributed by atoms with Crippen molar-refractivity contribution >= 4 is 5.57 Å². The Bertz CT molecular complexity index is 1250. The van der Waals surface area contributed by atoms with Crippen molar-refractivity contribution in [2.24, 2.45) is 0 Å². The van der Waals surface area contributed by atoms with Crippen LogP contribution in [-0.4, -0.2) is 18.1 Å². The van der Waals surface area contributed by atoms with Gasteiger partial charge in [-0.25, -0.2) is 4.39 Å². The lowest BCUT2D eigenvalue weighted by atomic mass is 9.92. The van der Waals surface area contributed by atoms with Gasteiger partial charge in [-0.05, 0) is 39.9 Å². The van der Waals surface area contributed by atoms with Crippen LogP contribution in [0.1, 0.15) is 16.7 Å². The van der Waals surface area contributed by atoms with Crippen molar-refractivity contribution in [3.05, 3.63) is 138 Å². The van der Waals surface area contributed by atoms with E-state index in [4.69, 9.17) is 4.74 Å². The molecule has 1 aliphatic rings. The molecule has 5 rings (SSSR count). The SMILES string of the molecule is Fc1cccc(-c2ccccc2C/C(=C2/OCCN2Cc2ccccc2)c2ccccc2)c1. The van der Waals surface area contributed by atoms with Gasteiger partial charge in [-0.2, -0.15) is 0 Å². The smallest absolute Gasteiger partial charge is 0.194 e. The van der Waals surface area contributed by atoms with Crippen LogP contribution in [0.5, 0.6) is 0 Å². The molecular formula is C30H26FNO. The van der Waals surface area contributed by atoms with Gasteiger partial charge in [0, 0.05) is 18.5 Å². The number of halogens is 1. The van der Waals surface area contributed by atoms with E-state index in [0.717, 1.165) is 46.8 Å². The van der Waals surface area contributed by atoms with Crippen molar-refractivity contribution in [3.63, 3.8) is 0 Å². The minimum absolute atomic E-state index is 0.225. The van der Waals surface area contributed by atoms with E-state index in [9.17, 15) is 4.39 Å². The lowest BCUT2D eigenvalue weighted by Crippen LogP contribution is -2.19. The maximum Gasteiger partial charge on any atom is 0.194 e. The molecule has 4 aromatic carbocycles. The predicted octanol–water partition coefficient (Wildman–Crippen LogP) is 6.94. The number of allylic oxidation sites excluding steroid dienone is 1. The molecule has 0 atom stereocenters. The molecule has 0 amide bonds. The summed E-state index contributed by atoms with van der Waals surface area (Å²) in [5, 5.41) is 0. The normalized spacial score (nSPS) is 14.8. The molecule has 3 heteroatoms. The van der Waals surface area contributed by atoms with Gasteiger partial charge in [-0.3, -0.25) is 0 Å². The molecule has 0 unspecified atom stereocenters. The topological polar surface area (TPSA) is 12.5 Å². The van der Waals surface area contributed by atoms with E-state index in [1.54, 1.807) is 12.1 Å². The molecule has 0 bridgehead atoms. The largest absolute Gasteiger partial charge is 0.477 e. The van der Waals surface area contributed by atoms with Crippen LogP contribution in [-0.2, 0) is 17.7 Å². The maximum absolute atomic E-state index is 14.0. The summed E-state index contributed by atoms with van der Waals surface area (Å²) >= 11 is 0. The van der Waals surface area contributed by atoms with Gasteiger partial charge in [0.25, 0.3) is 0 Å². The highest BCUT2D eigenvalue weighted by Gasteiger charge is 2.24. The first-order chi connectivity index (χ1) is 16.3. The molecule has 1 aliphatic heterocycles. The van der Waals surface area contributed by atoms with Crippen molar-refractivity contribution in [3.8, 4) is 11.1 Å². The second kappa shape index (κ2) is 9.74.